The first kappa shape index (κ1) is 15.9. The van der Waals surface area contributed by atoms with Crippen LogP contribution in [0.25, 0.3) is 0 Å². The Hall–Kier alpha value is -0.520. The summed E-state index contributed by atoms with van der Waals surface area (Å²) in [5.41, 5.74) is 3.27. The summed E-state index contributed by atoms with van der Waals surface area (Å²) in [5, 5.41) is 8.72. The van der Waals surface area contributed by atoms with Gasteiger partial charge in [-0.05, 0) is 63.4 Å². The van der Waals surface area contributed by atoms with Crippen molar-refractivity contribution >= 4 is 49.1 Å². The lowest BCUT2D eigenvalue weighted by molar-refractivity contribution is 0.619. The summed E-state index contributed by atoms with van der Waals surface area (Å²) >= 11 is 13.1. The van der Waals surface area contributed by atoms with Crippen molar-refractivity contribution in [1.82, 2.24) is 9.78 Å². The van der Waals surface area contributed by atoms with Crippen molar-refractivity contribution in [3.05, 3.63) is 43.6 Å². The second kappa shape index (κ2) is 6.96. The summed E-state index contributed by atoms with van der Waals surface area (Å²) in [5.74, 6) is 0. The van der Waals surface area contributed by atoms with Crippen LogP contribution in [0.15, 0.2) is 27.1 Å². The average molecular weight is 422 g/mol. The lowest BCUT2D eigenvalue weighted by Crippen LogP contribution is -2.08. The summed E-state index contributed by atoms with van der Waals surface area (Å²) in [4.78, 5) is 0. The summed E-state index contributed by atoms with van der Waals surface area (Å²) in [6, 6.07) is 5.72. The van der Waals surface area contributed by atoms with E-state index in [9.17, 15) is 0 Å². The van der Waals surface area contributed by atoms with Gasteiger partial charge in [0, 0.05) is 21.7 Å². The maximum atomic E-state index is 5.95. The third-order valence-electron chi connectivity index (χ3n) is 3.07. The van der Waals surface area contributed by atoms with Crippen molar-refractivity contribution in [2.45, 2.75) is 33.4 Å². The number of nitrogens with one attached hydrogen (secondary N) is 1. The first-order valence-corrected chi connectivity index (χ1v) is 8.46. The van der Waals surface area contributed by atoms with Crippen LogP contribution in [0.2, 0.25) is 5.02 Å². The highest BCUT2D eigenvalue weighted by atomic mass is 79.9. The van der Waals surface area contributed by atoms with E-state index in [1.165, 1.54) is 0 Å². The first-order chi connectivity index (χ1) is 9.56. The molecule has 1 heterocycles. The Morgan fingerprint density at radius 2 is 2.05 bits per heavy atom. The van der Waals surface area contributed by atoms with Gasteiger partial charge < -0.3 is 5.32 Å². The lowest BCUT2D eigenvalue weighted by Gasteiger charge is -2.10. The van der Waals surface area contributed by atoms with Crippen LogP contribution in [0.3, 0.4) is 0 Å². The van der Waals surface area contributed by atoms with Crippen molar-refractivity contribution < 1.29 is 0 Å². The Labute approximate surface area is 141 Å². The fraction of sp³-hybridized carbons (Fsp3) is 0.357. The van der Waals surface area contributed by atoms with Crippen LogP contribution in [-0.2, 0) is 19.5 Å². The summed E-state index contributed by atoms with van der Waals surface area (Å²) in [6.45, 7) is 5.78. The van der Waals surface area contributed by atoms with Crippen LogP contribution in [0.1, 0.15) is 25.2 Å². The van der Waals surface area contributed by atoms with Crippen molar-refractivity contribution in [1.29, 1.82) is 0 Å². The molecule has 0 saturated heterocycles. The first-order valence-electron chi connectivity index (χ1n) is 6.49. The van der Waals surface area contributed by atoms with Gasteiger partial charge in [0.15, 0.2) is 0 Å². The predicted molar refractivity (Wildman–Crippen MR) is 91.5 cm³/mol. The third-order valence-corrected chi connectivity index (χ3v) is 4.88. The molecule has 0 atom stereocenters. The van der Waals surface area contributed by atoms with Crippen LogP contribution >= 0.6 is 43.5 Å². The highest BCUT2D eigenvalue weighted by Gasteiger charge is 2.13. The molecule has 0 spiro atoms. The van der Waals surface area contributed by atoms with Gasteiger partial charge in [-0.25, -0.2) is 0 Å². The van der Waals surface area contributed by atoms with Crippen molar-refractivity contribution in [2.75, 3.05) is 5.32 Å². The minimum absolute atomic E-state index is 0.710. The Morgan fingerprint density at radius 3 is 2.65 bits per heavy atom. The number of anilines is 1. The minimum atomic E-state index is 0.710. The number of halogens is 3. The van der Waals surface area contributed by atoms with Crippen LogP contribution in [-0.4, -0.2) is 9.78 Å². The summed E-state index contributed by atoms with van der Waals surface area (Å²) in [7, 11) is 0. The molecule has 3 nitrogen and oxygen atoms in total. The van der Waals surface area contributed by atoms with Gasteiger partial charge in [-0.3, -0.25) is 4.68 Å². The van der Waals surface area contributed by atoms with E-state index in [2.05, 4.69) is 56.1 Å². The zero-order chi connectivity index (χ0) is 14.7. The lowest BCUT2D eigenvalue weighted by atomic mass is 10.3. The molecule has 1 N–H and O–H groups in total. The van der Waals surface area contributed by atoms with Crippen LogP contribution in [0, 0.1) is 0 Å². The molecule has 0 amide bonds. The highest BCUT2D eigenvalue weighted by Crippen LogP contribution is 2.28. The van der Waals surface area contributed by atoms with Crippen molar-refractivity contribution in [3.63, 3.8) is 0 Å². The Kier molecular flexibility index (Phi) is 5.52. The standard InChI is InChI=1S/C14H16Br2ClN3/c1-3-11-14(16)13(20(4-2)19-11)8-18-12-6-5-9(17)7-10(12)15/h5-7,18H,3-4,8H2,1-2H3. The van der Waals surface area contributed by atoms with Gasteiger partial charge in [0.2, 0.25) is 0 Å². The van der Waals surface area contributed by atoms with Crippen LogP contribution in [0.4, 0.5) is 5.69 Å². The van der Waals surface area contributed by atoms with Gasteiger partial charge in [0.05, 0.1) is 22.4 Å². The molecule has 2 rings (SSSR count). The Balaban J connectivity index is 2.20. The normalized spacial score (nSPS) is 10.8. The van der Waals surface area contributed by atoms with E-state index in [-0.39, 0.29) is 0 Å². The molecule has 0 aliphatic heterocycles. The topological polar surface area (TPSA) is 29.9 Å². The van der Waals surface area contributed by atoms with Gasteiger partial charge >= 0.3 is 0 Å². The molecule has 0 aliphatic carbocycles. The van der Waals surface area contributed by atoms with Crippen LogP contribution < -0.4 is 5.32 Å². The molecule has 108 valence electrons. The highest BCUT2D eigenvalue weighted by molar-refractivity contribution is 9.11. The largest absolute Gasteiger partial charge is 0.378 e. The van der Waals surface area contributed by atoms with E-state index in [0.29, 0.717) is 6.54 Å². The maximum Gasteiger partial charge on any atom is 0.0767 e. The van der Waals surface area contributed by atoms with E-state index in [4.69, 9.17) is 11.6 Å². The van der Waals surface area contributed by atoms with Gasteiger partial charge in [-0.2, -0.15) is 5.10 Å². The summed E-state index contributed by atoms with van der Waals surface area (Å²) < 4.78 is 4.08. The fourth-order valence-corrected chi connectivity index (χ4v) is 3.53. The van der Waals surface area contributed by atoms with Gasteiger partial charge in [-0.15, -0.1) is 0 Å². The molecular formula is C14H16Br2ClN3. The molecule has 1 aromatic carbocycles. The minimum Gasteiger partial charge on any atom is -0.378 e. The maximum absolute atomic E-state index is 5.95. The number of rotatable bonds is 5. The SMILES string of the molecule is CCc1nn(CC)c(CNc2ccc(Cl)cc2Br)c1Br. The Morgan fingerprint density at radius 1 is 1.30 bits per heavy atom. The predicted octanol–water partition coefficient (Wildman–Crippen LogP) is 5.26. The zero-order valence-electron chi connectivity index (χ0n) is 11.4. The molecule has 0 radical (unpaired) electrons. The Bertz CT molecular complexity index is 611. The number of hydrogen-bond acceptors (Lipinski definition) is 2. The second-order valence-corrected chi connectivity index (χ2v) is 6.44. The smallest absolute Gasteiger partial charge is 0.0767 e. The van der Waals surface area contributed by atoms with E-state index < -0.39 is 0 Å². The number of aromatic nitrogens is 2. The van der Waals surface area contributed by atoms with E-state index >= 15 is 0 Å². The zero-order valence-corrected chi connectivity index (χ0v) is 15.3. The van der Waals surface area contributed by atoms with E-state index in [1.54, 1.807) is 0 Å². The molecule has 0 aliphatic rings. The number of hydrogen-bond donors (Lipinski definition) is 1. The molecule has 0 fully saturated rings. The molecule has 0 bridgehead atoms. The van der Waals surface area contributed by atoms with Crippen LogP contribution in [0.5, 0.6) is 0 Å². The van der Waals surface area contributed by atoms with E-state index in [0.717, 1.165) is 44.0 Å². The summed E-state index contributed by atoms with van der Waals surface area (Å²) in [6.07, 6.45) is 0.922. The van der Waals surface area contributed by atoms with Gasteiger partial charge in [0.25, 0.3) is 0 Å². The number of benzene rings is 1. The fourth-order valence-electron chi connectivity index (χ4n) is 2.00. The van der Waals surface area contributed by atoms with Crippen molar-refractivity contribution in [2.24, 2.45) is 0 Å². The monoisotopic (exact) mass is 419 g/mol. The van der Waals surface area contributed by atoms with Gasteiger partial charge in [-0.1, -0.05) is 18.5 Å². The molecule has 0 saturated carbocycles. The average Bonchev–Trinajstić information content (AvgIpc) is 2.74. The third kappa shape index (κ3) is 3.38. The molecule has 0 unspecified atom stereocenters. The van der Waals surface area contributed by atoms with Crippen molar-refractivity contribution in [3.8, 4) is 0 Å². The molecule has 2 aromatic rings. The number of nitrogens with zero attached hydrogens (tertiary/aromatic N) is 2. The van der Waals surface area contributed by atoms with Gasteiger partial charge in [0.1, 0.15) is 0 Å². The quantitative estimate of drug-likeness (QED) is 0.714. The number of aryl methyl sites for hydroxylation is 2. The molecule has 6 heteroatoms. The van der Waals surface area contributed by atoms with E-state index in [1.807, 2.05) is 22.9 Å². The molecule has 1 aromatic heterocycles. The second-order valence-electron chi connectivity index (χ2n) is 4.35. The molecule has 20 heavy (non-hydrogen) atoms. The molecular weight excluding hydrogens is 405 g/mol.